The molecule has 0 aliphatic carbocycles. The molecule has 0 unspecified atom stereocenters. The molecule has 0 bridgehead atoms. The first-order chi connectivity index (χ1) is 9.04. The van der Waals surface area contributed by atoms with E-state index in [-0.39, 0.29) is 6.61 Å². The quantitative estimate of drug-likeness (QED) is 0.777. The van der Waals surface area contributed by atoms with Gasteiger partial charge in [-0.25, -0.2) is 9.97 Å². The molecule has 1 aromatic rings. The van der Waals surface area contributed by atoms with Crippen LogP contribution in [0.25, 0.3) is 0 Å². The van der Waals surface area contributed by atoms with Crippen LogP contribution < -0.4 is 9.80 Å². The van der Waals surface area contributed by atoms with E-state index in [9.17, 15) is 0 Å². The molecule has 0 amide bonds. The van der Waals surface area contributed by atoms with Crippen LogP contribution in [0.2, 0.25) is 0 Å². The maximum absolute atomic E-state index is 8.95. The molecule has 0 atom stereocenters. The predicted octanol–water partition coefficient (Wildman–Crippen LogP) is 1.78. The lowest BCUT2D eigenvalue weighted by molar-refractivity contribution is 0.304. The molecule has 0 fully saturated rings. The predicted molar refractivity (Wildman–Crippen MR) is 79.7 cm³/mol. The van der Waals surface area contributed by atoms with Crippen molar-refractivity contribution in [3.8, 4) is 0 Å². The van der Waals surface area contributed by atoms with Gasteiger partial charge in [-0.05, 0) is 18.8 Å². The highest BCUT2D eigenvalue weighted by atomic mass is 16.3. The van der Waals surface area contributed by atoms with Gasteiger partial charge in [-0.15, -0.1) is 0 Å². The van der Waals surface area contributed by atoms with Crippen LogP contribution in [0, 0.1) is 5.92 Å². The van der Waals surface area contributed by atoms with E-state index in [0.29, 0.717) is 6.54 Å². The molecule has 1 aromatic heterocycles. The first-order valence-electron chi connectivity index (χ1n) is 6.89. The highest BCUT2D eigenvalue weighted by Gasteiger charge is 2.07. The zero-order valence-corrected chi connectivity index (χ0v) is 12.5. The highest BCUT2D eigenvalue weighted by Crippen LogP contribution is 2.16. The number of rotatable bonds is 8. The standard InChI is InChI=1S/C14H26N4O/c1-12(2)6-5-7-17(3)13-10-14(16-11-15-13)18(4)8-9-19/h10-12,19H,5-9H2,1-4H3. The van der Waals surface area contributed by atoms with Crippen LogP contribution in [0.15, 0.2) is 12.4 Å². The lowest BCUT2D eigenvalue weighted by Crippen LogP contribution is -2.24. The topological polar surface area (TPSA) is 52.5 Å². The summed E-state index contributed by atoms with van der Waals surface area (Å²) in [6.07, 6.45) is 3.98. The van der Waals surface area contributed by atoms with Gasteiger partial charge in [0.15, 0.2) is 0 Å². The summed E-state index contributed by atoms with van der Waals surface area (Å²) in [6, 6.07) is 1.96. The number of aromatic nitrogens is 2. The molecule has 19 heavy (non-hydrogen) atoms. The van der Waals surface area contributed by atoms with E-state index in [1.807, 2.05) is 18.0 Å². The zero-order chi connectivity index (χ0) is 14.3. The molecular weight excluding hydrogens is 240 g/mol. The number of aliphatic hydroxyl groups excluding tert-OH is 1. The summed E-state index contributed by atoms with van der Waals surface area (Å²) >= 11 is 0. The Morgan fingerprint density at radius 3 is 2.21 bits per heavy atom. The number of hydrogen-bond donors (Lipinski definition) is 1. The van der Waals surface area contributed by atoms with Crippen molar-refractivity contribution in [1.29, 1.82) is 0 Å². The third kappa shape index (κ3) is 5.42. The molecule has 1 N–H and O–H groups in total. The summed E-state index contributed by atoms with van der Waals surface area (Å²) in [7, 11) is 3.97. The third-order valence-corrected chi connectivity index (χ3v) is 3.13. The molecule has 1 rings (SSSR count). The van der Waals surface area contributed by atoms with Crippen molar-refractivity contribution in [1.82, 2.24) is 9.97 Å². The Labute approximate surface area is 116 Å². The van der Waals surface area contributed by atoms with Gasteiger partial charge in [-0.3, -0.25) is 0 Å². The molecular formula is C14H26N4O. The molecule has 0 aliphatic rings. The van der Waals surface area contributed by atoms with E-state index in [1.54, 1.807) is 6.33 Å². The van der Waals surface area contributed by atoms with E-state index >= 15 is 0 Å². The molecule has 1 heterocycles. The Morgan fingerprint density at radius 2 is 1.68 bits per heavy atom. The summed E-state index contributed by atoms with van der Waals surface area (Å²) < 4.78 is 0. The number of nitrogens with zero attached hydrogens (tertiary/aromatic N) is 4. The lowest BCUT2D eigenvalue weighted by Gasteiger charge is -2.21. The first-order valence-corrected chi connectivity index (χ1v) is 6.89. The van der Waals surface area contributed by atoms with E-state index < -0.39 is 0 Å². The maximum atomic E-state index is 8.95. The van der Waals surface area contributed by atoms with Crippen molar-refractivity contribution in [3.63, 3.8) is 0 Å². The van der Waals surface area contributed by atoms with Gasteiger partial charge in [-0.2, -0.15) is 0 Å². The first kappa shape index (κ1) is 15.7. The Bertz CT molecular complexity index is 370. The van der Waals surface area contributed by atoms with E-state index in [1.165, 1.54) is 12.8 Å². The number of anilines is 2. The number of likely N-dealkylation sites (N-methyl/N-ethyl adjacent to an activating group) is 1. The minimum absolute atomic E-state index is 0.125. The second-order valence-electron chi connectivity index (χ2n) is 5.34. The van der Waals surface area contributed by atoms with Crippen LogP contribution in [0.4, 0.5) is 11.6 Å². The molecule has 5 nitrogen and oxygen atoms in total. The van der Waals surface area contributed by atoms with Crippen molar-refractivity contribution in [3.05, 3.63) is 12.4 Å². The Morgan fingerprint density at radius 1 is 1.11 bits per heavy atom. The van der Waals surface area contributed by atoms with Crippen LogP contribution in [-0.2, 0) is 0 Å². The van der Waals surface area contributed by atoms with Gasteiger partial charge in [0.05, 0.1) is 6.61 Å². The van der Waals surface area contributed by atoms with Gasteiger partial charge in [0.1, 0.15) is 18.0 Å². The van der Waals surface area contributed by atoms with Crippen LogP contribution in [0.1, 0.15) is 26.7 Å². The Balaban J connectivity index is 2.59. The number of hydrogen-bond acceptors (Lipinski definition) is 5. The van der Waals surface area contributed by atoms with E-state index in [4.69, 9.17) is 5.11 Å². The molecule has 108 valence electrons. The van der Waals surface area contributed by atoms with Gasteiger partial charge < -0.3 is 14.9 Å². The summed E-state index contributed by atoms with van der Waals surface area (Å²) in [4.78, 5) is 12.6. The van der Waals surface area contributed by atoms with Gasteiger partial charge in [0, 0.05) is 33.3 Å². The highest BCUT2D eigenvalue weighted by molar-refractivity contribution is 5.49. The fourth-order valence-corrected chi connectivity index (χ4v) is 1.87. The average molecular weight is 266 g/mol. The number of aliphatic hydroxyl groups is 1. The fraction of sp³-hybridized carbons (Fsp3) is 0.714. The van der Waals surface area contributed by atoms with E-state index in [2.05, 4.69) is 35.8 Å². The smallest absolute Gasteiger partial charge is 0.133 e. The van der Waals surface area contributed by atoms with E-state index in [0.717, 1.165) is 24.1 Å². The largest absolute Gasteiger partial charge is 0.395 e. The SMILES string of the molecule is CC(C)CCCN(C)c1cc(N(C)CCO)ncn1. The summed E-state index contributed by atoms with van der Waals surface area (Å²) in [5, 5.41) is 8.95. The monoisotopic (exact) mass is 266 g/mol. The molecule has 0 saturated heterocycles. The fourth-order valence-electron chi connectivity index (χ4n) is 1.87. The van der Waals surface area contributed by atoms with Crippen molar-refractivity contribution in [2.75, 3.05) is 43.6 Å². The van der Waals surface area contributed by atoms with Crippen LogP contribution in [0.5, 0.6) is 0 Å². The maximum Gasteiger partial charge on any atom is 0.133 e. The van der Waals surface area contributed by atoms with Crippen molar-refractivity contribution < 1.29 is 5.11 Å². The van der Waals surface area contributed by atoms with Gasteiger partial charge in [0.2, 0.25) is 0 Å². The van der Waals surface area contributed by atoms with Gasteiger partial charge >= 0.3 is 0 Å². The molecule has 0 aromatic carbocycles. The normalized spacial score (nSPS) is 10.8. The molecule has 0 aliphatic heterocycles. The minimum atomic E-state index is 0.125. The minimum Gasteiger partial charge on any atom is -0.395 e. The van der Waals surface area contributed by atoms with Crippen LogP contribution >= 0.6 is 0 Å². The van der Waals surface area contributed by atoms with Crippen LogP contribution in [-0.4, -0.2) is 48.9 Å². The molecule has 5 heteroatoms. The second-order valence-corrected chi connectivity index (χ2v) is 5.34. The average Bonchev–Trinajstić information content (AvgIpc) is 2.38. The summed E-state index contributed by atoms with van der Waals surface area (Å²) in [6.45, 7) is 6.19. The molecule has 0 saturated carbocycles. The Kier molecular flexibility index (Phi) is 6.56. The Hall–Kier alpha value is -1.36. The molecule has 0 spiro atoms. The van der Waals surface area contributed by atoms with Crippen molar-refractivity contribution >= 4 is 11.6 Å². The van der Waals surface area contributed by atoms with Crippen molar-refractivity contribution in [2.24, 2.45) is 5.92 Å². The van der Waals surface area contributed by atoms with Gasteiger partial charge in [-0.1, -0.05) is 13.8 Å². The summed E-state index contributed by atoms with van der Waals surface area (Å²) in [5.41, 5.74) is 0. The summed E-state index contributed by atoms with van der Waals surface area (Å²) in [5.74, 6) is 2.51. The van der Waals surface area contributed by atoms with Crippen LogP contribution in [0.3, 0.4) is 0 Å². The lowest BCUT2D eigenvalue weighted by atomic mass is 10.1. The zero-order valence-electron chi connectivity index (χ0n) is 12.5. The van der Waals surface area contributed by atoms with Gasteiger partial charge in [0.25, 0.3) is 0 Å². The molecule has 0 radical (unpaired) electrons. The second kappa shape index (κ2) is 7.94. The van der Waals surface area contributed by atoms with Crippen molar-refractivity contribution in [2.45, 2.75) is 26.7 Å². The third-order valence-electron chi connectivity index (χ3n) is 3.13.